The van der Waals surface area contributed by atoms with Gasteiger partial charge in [0.05, 0.1) is 11.6 Å². The number of aliphatic hydroxyl groups is 2. The van der Waals surface area contributed by atoms with E-state index in [9.17, 15) is 28.2 Å². The van der Waals surface area contributed by atoms with Crippen molar-refractivity contribution in [2.45, 2.75) is 50.3 Å². The topological polar surface area (TPSA) is 78.8 Å². The van der Waals surface area contributed by atoms with E-state index < -0.39 is 35.8 Å². The molecule has 1 aliphatic rings. The number of carbonyl (C=O) groups is 1. The van der Waals surface area contributed by atoms with Gasteiger partial charge in [-0.1, -0.05) is 12.1 Å². The maximum Gasteiger partial charge on any atom is 0.573 e. The number of halogens is 3. The molecule has 8 heteroatoms. The van der Waals surface area contributed by atoms with Crippen LogP contribution in [0.25, 0.3) is 0 Å². The molecule has 1 saturated carbocycles. The Morgan fingerprint density at radius 2 is 2.09 bits per heavy atom. The Morgan fingerprint density at radius 3 is 2.70 bits per heavy atom. The smallest absolute Gasteiger partial charge is 0.406 e. The number of ether oxygens (including phenoxy) is 1. The number of hydrogen-bond donors (Lipinski definition) is 3. The molecule has 3 N–H and O–H groups in total. The van der Waals surface area contributed by atoms with E-state index in [-0.39, 0.29) is 5.56 Å². The summed E-state index contributed by atoms with van der Waals surface area (Å²) in [6.45, 7) is 1.24. The van der Waals surface area contributed by atoms with Crippen molar-refractivity contribution < 1.29 is 32.9 Å². The summed E-state index contributed by atoms with van der Waals surface area (Å²) in [6.07, 6.45) is -6.11. The highest BCUT2D eigenvalue weighted by Crippen LogP contribution is 2.39. The van der Waals surface area contributed by atoms with Gasteiger partial charge in [0.25, 0.3) is 0 Å². The zero-order chi connectivity index (χ0) is 17.3. The molecule has 128 valence electrons. The fourth-order valence-corrected chi connectivity index (χ4v) is 3.03. The monoisotopic (exact) mass is 333 g/mol. The number of hydrogen-bond acceptors (Lipinski definition) is 4. The highest BCUT2D eigenvalue weighted by Gasteiger charge is 2.46. The van der Waals surface area contributed by atoms with Crippen LogP contribution in [0.3, 0.4) is 0 Å². The van der Waals surface area contributed by atoms with Crippen LogP contribution in [0.4, 0.5) is 13.2 Å². The number of carbonyl (C=O) groups excluding carboxylic acids is 1. The molecule has 1 fully saturated rings. The standard InChI is InChI=1S/C15H18F3NO4/c1-9(20)19-14(7-3-6-12(21)13(14)22)10-4-2-5-11(8-10)23-15(16,17)18/h2,4-5,8,12-13,21-22H,3,6-7H2,1H3,(H,19,20). The van der Waals surface area contributed by atoms with E-state index in [1.54, 1.807) is 0 Å². The van der Waals surface area contributed by atoms with Crippen molar-refractivity contribution in [3.8, 4) is 5.75 Å². The van der Waals surface area contributed by atoms with E-state index >= 15 is 0 Å². The van der Waals surface area contributed by atoms with Crippen LogP contribution in [0.5, 0.6) is 5.75 Å². The first-order chi connectivity index (χ1) is 10.6. The van der Waals surface area contributed by atoms with Gasteiger partial charge in [0.15, 0.2) is 0 Å². The normalized spacial score (nSPS) is 28.3. The van der Waals surface area contributed by atoms with Gasteiger partial charge in [0.2, 0.25) is 5.91 Å². The summed E-state index contributed by atoms with van der Waals surface area (Å²) in [4.78, 5) is 11.5. The third-order valence-electron chi connectivity index (χ3n) is 3.92. The predicted octanol–water partition coefficient (Wildman–Crippen LogP) is 1.82. The van der Waals surface area contributed by atoms with Crippen LogP contribution in [0.2, 0.25) is 0 Å². The van der Waals surface area contributed by atoms with Crippen molar-refractivity contribution in [1.82, 2.24) is 5.32 Å². The SMILES string of the molecule is CC(=O)NC1(c2cccc(OC(F)(F)F)c2)CCCC(O)C1O. The lowest BCUT2D eigenvalue weighted by atomic mass is 9.73. The Labute approximate surface area is 131 Å². The first kappa shape index (κ1) is 17.6. The van der Waals surface area contributed by atoms with Crippen LogP contribution in [-0.4, -0.2) is 34.7 Å². The molecular weight excluding hydrogens is 315 g/mol. The Morgan fingerprint density at radius 1 is 1.39 bits per heavy atom. The minimum absolute atomic E-state index is 0.251. The van der Waals surface area contributed by atoms with Crippen LogP contribution in [0.1, 0.15) is 31.7 Å². The quantitative estimate of drug-likeness (QED) is 0.788. The van der Waals surface area contributed by atoms with Crippen molar-refractivity contribution in [2.24, 2.45) is 0 Å². The number of alkyl halides is 3. The average Bonchev–Trinajstić information content (AvgIpc) is 2.42. The Kier molecular flexibility index (Phi) is 4.86. The Balaban J connectivity index is 2.43. The van der Waals surface area contributed by atoms with Gasteiger partial charge in [-0.3, -0.25) is 4.79 Å². The summed E-state index contributed by atoms with van der Waals surface area (Å²) in [5.41, 5.74) is -1.10. The summed E-state index contributed by atoms with van der Waals surface area (Å²) >= 11 is 0. The predicted molar refractivity (Wildman–Crippen MR) is 74.5 cm³/mol. The van der Waals surface area contributed by atoms with E-state index in [1.165, 1.54) is 19.1 Å². The third kappa shape index (κ3) is 3.94. The van der Waals surface area contributed by atoms with Gasteiger partial charge < -0.3 is 20.3 Å². The molecule has 1 aromatic carbocycles. The molecule has 0 saturated heterocycles. The van der Waals surface area contributed by atoms with Crippen molar-refractivity contribution in [1.29, 1.82) is 0 Å². The molecule has 2 rings (SSSR count). The fourth-order valence-electron chi connectivity index (χ4n) is 3.03. The molecule has 0 heterocycles. The Hall–Kier alpha value is -1.80. The molecule has 0 bridgehead atoms. The van der Waals surface area contributed by atoms with Crippen molar-refractivity contribution in [3.63, 3.8) is 0 Å². The van der Waals surface area contributed by atoms with Crippen molar-refractivity contribution in [2.75, 3.05) is 0 Å². The second-order valence-corrected chi connectivity index (χ2v) is 5.63. The van der Waals surface area contributed by atoms with E-state index in [4.69, 9.17) is 0 Å². The second-order valence-electron chi connectivity index (χ2n) is 5.63. The van der Waals surface area contributed by atoms with E-state index in [2.05, 4.69) is 10.1 Å². The number of aliphatic hydroxyl groups excluding tert-OH is 2. The highest BCUT2D eigenvalue weighted by atomic mass is 19.4. The maximum atomic E-state index is 12.4. The molecule has 0 spiro atoms. The van der Waals surface area contributed by atoms with Gasteiger partial charge in [-0.25, -0.2) is 0 Å². The molecule has 3 unspecified atom stereocenters. The highest BCUT2D eigenvalue weighted by molar-refractivity contribution is 5.74. The second kappa shape index (κ2) is 6.37. The van der Waals surface area contributed by atoms with Crippen LogP contribution >= 0.6 is 0 Å². The molecule has 1 aliphatic carbocycles. The minimum Gasteiger partial charge on any atom is -0.406 e. The lowest BCUT2D eigenvalue weighted by molar-refractivity contribution is -0.274. The number of rotatable bonds is 3. The average molecular weight is 333 g/mol. The first-order valence-electron chi connectivity index (χ1n) is 7.15. The van der Waals surface area contributed by atoms with Crippen LogP contribution in [0.15, 0.2) is 24.3 Å². The molecule has 1 aromatic rings. The minimum atomic E-state index is -4.84. The van der Waals surface area contributed by atoms with Gasteiger partial charge in [0, 0.05) is 6.92 Å². The Bertz CT molecular complexity index is 578. The molecule has 1 amide bonds. The summed E-state index contributed by atoms with van der Waals surface area (Å²) in [5, 5.41) is 22.9. The zero-order valence-corrected chi connectivity index (χ0v) is 12.4. The van der Waals surface area contributed by atoms with Gasteiger partial charge >= 0.3 is 6.36 Å². The third-order valence-corrected chi connectivity index (χ3v) is 3.92. The van der Waals surface area contributed by atoms with E-state index in [0.717, 1.165) is 12.1 Å². The number of amides is 1. The van der Waals surface area contributed by atoms with E-state index in [0.29, 0.717) is 19.3 Å². The van der Waals surface area contributed by atoms with Crippen molar-refractivity contribution >= 4 is 5.91 Å². The summed E-state index contributed by atoms with van der Waals surface area (Å²) in [6, 6.07) is 5.07. The van der Waals surface area contributed by atoms with Gasteiger partial charge in [0.1, 0.15) is 11.9 Å². The zero-order valence-electron chi connectivity index (χ0n) is 12.4. The van der Waals surface area contributed by atoms with Gasteiger partial charge in [-0.15, -0.1) is 13.2 Å². The van der Waals surface area contributed by atoms with Crippen LogP contribution in [0, 0.1) is 0 Å². The summed E-state index contributed by atoms with van der Waals surface area (Å²) < 4.78 is 41.0. The molecular formula is C15H18F3NO4. The van der Waals surface area contributed by atoms with Crippen LogP contribution in [-0.2, 0) is 10.3 Å². The summed E-state index contributed by atoms with van der Waals surface area (Å²) in [5.74, 6) is -0.910. The summed E-state index contributed by atoms with van der Waals surface area (Å²) in [7, 11) is 0. The number of nitrogens with one attached hydrogen (secondary N) is 1. The molecule has 0 radical (unpaired) electrons. The fraction of sp³-hybridized carbons (Fsp3) is 0.533. The molecule has 23 heavy (non-hydrogen) atoms. The van der Waals surface area contributed by atoms with Crippen LogP contribution < -0.4 is 10.1 Å². The molecule has 3 atom stereocenters. The van der Waals surface area contributed by atoms with Gasteiger partial charge in [-0.2, -0.15) is 0 Å². The van der Waals surface area contributed by atoms with Gasteiger partial charge in [-0.05, 0) is 37.0 Å². The molecule has 0 aromatic heterocycles. The lowest BCUT2D eigenvalue weighted by Crippen LogP contribution is -2.59. The first-order valence-corrected chi connectivity index (χ1v) is 7.15. The largest absolute Gasteiger partial charge is 0.573 e. The van der Waals surface area contributed by atoms with E-state index in [1.807, 2.05) is 0 Å². The van der Waals surface area contributed by atoms with Crippen molar-refractivity contribution in [3.05, 3.63) is 29.8 Å². The lowest BCUT2D eigenvalue weighted by Gasteiger charge is -2.44. The molecule has 5 nitrogen and oxygen atoms in total. The maximum absolute atomic E-state index is 12.4. The number of benzene rings is 1. The molecule has 0 aliphatic heterocycles.